The van der Waals surface area contributed by atoms with E-state index in [4.69, 9.17) is 15.2 Å². The van der Waals surface area contributed by atoms with Gasteiger partial charge in [-0.2, -0.15) is 0 Å². The summed E-state index contributed by atoms with van der Waals surface area (Å²) in [5, 5.41) is 0. The Morgan fingerprint density at radius 2 is 2.45 bits per heavy atom. The zero-order chi connectivity index (χ0) is 8.10. The van der Waals surface area contributed by atoms with Crippen molar-refractivity contribution >= 4 is 0 Å². The molecule has 2 atom stereocenters. The minimum absolute atomic E-state index is 0.0790. The Balaban J connectivity index is 2.18. The zero-order valence-electron chi connectivity index (χ0n) is 7.08. The number of rotatable bonds is 3. The van der Waals surface area contributed by atoms with Gasteiger partial charge in [-0.3, -0.25) is 0 Å². The fraction of sp³-hybridized carbons (Fsp3) is 1.00. The maximum Gasteiger partial charge on any atom is 0.172 e. The fourth-order valence-electron chi connectivity index (χ4n) is 1.18. The van der Waals surface area contributed by atoms with Crippen LogP contribution in [-0.4, -0.2) is 25.5 Å². The van der Waals surface area contributed by atoms with Gasteiger partial charge in [-0.05, 0) is 19.3 Å². The minimum Gasteiger partial charge on any atom is -0.351 e. The van der Waals surface area contributed by atoms with Crippen LogP contribution in [0, 0.1) is 0 Å². The molecule has 1 unspecified atom stereocenters. The second-order valence-corrected chi connectivity index (χ2v) is 2.92. The molecule has 3 heteroatoms. The predicted octanol–water partition coefficient (Wildman–Crippen LogP) is 0.877. The third-order valence-electron chi connectivity index (χ3n) is 1.80. The summed E-state index contributed by atoms with van der Waals surface area (Å²) >= 11 is 0. The third-order valence-corrected chi connectivity index (χ3v) is 1.80. The highest BCUT2D eigenvalue weighted by molar-refractivity contribution is 4.69. The first-order valence-corrected chi connectivity index (χ1v) is 4.33. The fourth-order valence-corrected chi connectivity index (χ4v) is 1.18. The van der Waals surface area contributed by atoms with Crippen LogP contribution < -0.4 is 5.73 Å². The number of nitrogens with two attached hydrogens (primary N) is 1. The summed E-state index contributed by atoms with van der Waals surface area (Å²) < 4.78 is 10.7. The summed E-state index contributed by atoms with van der Waals surface area (Å²) in [4.78, 5) is 0. The number of hydrogen-bond acceptors (Lipinski definition) is 3. The summed E-state index contributed by atoms with van der Waals surface area (Å²) in [6.45, 7) is 3.62. The van der Waals surface area contributed by atoms with Crippen LogP contribution in [0.1, 0.15) is 26.2 Å². The maximum atomic E-state index is 5.77. The van der Waals surface area contributed by atoms with Crippen LogP contribution in [0.4, 0.5) is 0 Å². The molecule has 0 aromatic carbocycles. The Bertz CT molecular complexity index is 108. The van der Waals surface area contributed by atoms with Gasteiger partial charge >= 0.3 is 0 Å². The van der Waals surface area contributed by atoms with Gasteiger partial charge in [0.25, 0.3) is 0 Å². The molecule has 11 heavy (non-hydrogen) atoms. The third kappa shape index (κ3) is 2.77. The van der Waals surface area contributed by atoms with E-state index in [2.05, 4.69) is 6.92 Å². The van der Waals surface area contributed by atoms with Crippen molar-refractivity contribution in [2.24, 2.45) is 5.73 Å². The van der Waals surface area contributed by atoms with E-state index in [0.717, 1.165) is 32.5 Å². The first-order chi connectivity index (χ1) is 5.34. The van der Waals surface area contributed by atoms with Gasteiger partial charge in [0.15, 0.2) is 6.29 Å². The molecule has 0 saturated carbocycles. The van der Waals surface area contributed by atoms with Crippen LogP contribution >= 0.6 is 0 Å². The quantitative estimate of drug-likeness (QED) is 0.664. The van der Waals surface area contributed by atoms with E-state index in [1.165, 1.54) is 0 Å². The zero-order valence-corrected chi connectivity index (χ0v) is 7.08. The Morgan fingerprint density at radius 3 is 3.09 bits per heavy atom. The van der Waals surface area contributed by atoms with E-state index in [1.807, 2.05) is 0 Å². The highest BCUT2D eigenvalue weighted by Crippen LogP contribution is 2.12. The van der Waals surface area contributed by atoms with Gasteiger partial charge in [-0.25, -0.2) is 0 Å². The van der Waals surface area contributed by atoms with Crippen LogP contribution in [-0.2, 0) is 9.47 Å². The van der Waals surface area contributed by atoms with Crippen molar-refractivity contribution in [2.45, 2.75) is 38.5 Å². The standard InChI is InChI=1S/C8H17NO2/c1-2-5-10-8-7(9)4-3-6-11-8/h7-8H,2-6,9H2,1H3/t7-,8?/m1/s1. The SMILES string of the molecule is CCCOC1OCCC[C@H]1N. The van der Waals surface area contributed by atoms with Crippen LogP contribution in [0.15, 0.2) is 0 Å². The smallest absolute Gasteiger partial charge is 0.172 e. The van der Waals surface area contributed by atoms with Gasteiger partial charge in [0.2, 0.25) is 0 Å². The van der Waals surface area contributed by atoms with Crippen molar-refractivity contribution in [2.75, 3.05) is 13.2 Å². The van der Waals surface area contributed by atoms with Crippen molar-refractivity contribution in [1.29, 1.82) is 0 Å². The Kier molecular flexibility index (Phi) is 3.83. The maximum absolute atomic E-state index is 5.77. The average Bonchev–Trinajstić information content (AvgIpc) is 2.03. The van der Waals surface area contributed by atoms with Crippen molar-refractivity contribution < 1.29 is 9.47 Å². The molecule has 0 bridgehead atoms. The molecule has 1 heterocycles. The predicted molar refractivity (Wildman–Crippen MR) is 43.2 cm³/mol. The topological polar surface area (TPSA) is 44.5 Å². The molecule has 3 nitrogen and oxygen atoms in total. The summed E-state index contributed by atoms with van der Waals surface area (Å²) in [6.07, 6.45) is 2.96. The van der Waals surface area contributed by atoms with Gasteiger partial charge in [0.1, 0.15) is 0 Å². The monoisotopic (exact) mass is 159 g/mol. The second-order valence-electron chi connectivity index (χ2n) is 2.92. The van der Waals surface area contributed by atoms with Crippen molar-refractivity contribution in [1.82, 2.24) is 0 Å². The van der Waals surface area contributed by atoms with Gasteiger partial charge in [-0.15, -0.1) is 0 Å². The van der Waals surface area contributed by atoms with Gasteiger partial charge in [0.05, 0.1) is 6.04 Å². The summed E-state index contributed by atoms with van der Waals surface area (Å²) in [5.74, 6) is 0. The molecular formula is C8H17NO2. The lowest BCUT2D eigenvalue weighted by Crippen LogP contribution is -2.42. The lowest BCUT2D eigenvalue weighted by molar-refractivity contribution is -0.171. The van der Waals surface area contributed by atoms with E-state index in [0.29, 0.717) is 0 Å². The summed E-state index contributed by atoms with van der Waals surface area (Å²) in [5.41, 5.74) is 5.77. The van der Waals surface area contributed by atoms with Crippen LogP contribution in [0.5, 0.6) is 0 Å². The normalized spacial score (nSPS) is 32.2. The molecule has 1 aliphatic heterocycles. The molecule has 1 aliphatic rings. The van der Waals surface area contributed by atoms with Gasteiger partial charge in [0, 0.05) is 13.2 Å². The first kappa shape index (κ1) is 8.97. The highest BCUT2D eigenvalue weighted by atomic mass is 16.7. The lowest BCUT2D eigenvalue weighted by Gasteiger charge is -2.28. The molecule has 0 radical (unpaired) electrons. The van der Waals surface area contributed by atoms with E-state index in [-0.39, 0.29) is 12.3 Å². The van der Waals surface area contributed by atoms with Gasteiger partial charge < -0.3 is 15.2 Å². The number of ether oxygens (including phenoxy) is 2. The molecule has 1 rings (SSSR count). The van der Waals surface area contributed by atoms with Crippen molar-refractivity contribution in [3.8, 4) is 0 Å². The Labute approximate surface area is 67.9 Å². The molecule has 0 aromatic heterocycles. The molecular weight excluding hydrogens is 142 g/mol. The highest BCUT2D eigenvalue weighted by Gasteiger charge is 2.22. The molecule has 0 amide bonds. The Hall–Kier alpha value is -0.120. The molecule has 1 saturated heterocycles. The van der Waals surface area contributed by atoms with Crippen LogP contribution in [0.2, 0.25) is 0 Å². The Morgan fingerprint density at radius 1 is 1.64 bits per heavy atom. The minimum atomic E-state index is -0.149. The van der Waals surface area contributed by atoms with Crippen molar-refractivity contribution in [3.63, 3.8) is 0 Å². The molecule has 0 aliphatic carbocycles. The molecule has 0 spiro atoms. The molecule has 2 N–H and O–H groups in total. The molecule has 0 aromatic rings. The van der Waals surface area contributed by atoms with Crippen LogP contribution in [0.3, 0.4) is 0 Å². The molecule has 1 fully saturated rings. The van der Waals surface area contributed by atoms with E-state index in [9.17, 15) is 0 Å². The average molecular weight is 159 g/mol. The first-order valence-electron chi connectivity index (χ1n) is 4.33. The molecule has 66 valence electrons. The van der Waals surface area contributed by atoms with E-state index < -0.39 is 0 Å². The van der Waals surface area contributed by atoms with E-state index in [1.54, 1.807) is 0 Å². The van der Waals surface area contributed by atoms with E-state index >= 15 is 0 Å². The van der Waals surface area contributed by atoms with Gasteiger partial charge in [-0.1, -0.05) is 6.92 Å². The second kappa shape index (κ2) is 4.70. The largest absolute Gasteiger partial charge is 0.351 e. The number of hydrogen-bond donors (Lipinski definition) is 1. The summed E-state index contributed by atoms with van der Waals surface area (Å²) in [6, 6.07) is 0.0790. The summed E-state index contributed by atoms with van der Waals surface area (Å²) in [7, 11) is 0. The lowest BCUT2D eigenvalue weighted by atomic mass is 10.1. The van der Waals surface area contributed by atoms with Crippen molar-refractivity contribution in [3.05, 3.63) is 0 Å². The van der Waals surface area contributed by atoms with Crippen LogP contribution in [0.25, 0.3) is 0 Å².